The molecule has 0 N–H and O–H groups in total. The van der Waals surface area contributed by atoms with E-state index in [9.17, 15) is 0 Å². The lowest BCUT2D eigenvalue weighted by molar-refractivity contribution is 0.301. The quantitative estimate of drug-likeness (QED) is 0.178. The first kappa shape index (κ1) is 29.7. The Balaban J connectivity index is 1.31. The van der Waals surface area contributed by atoms with E-state index in [2.05, 4.69) is 50.5 Å². The third-order valence-corrected chi connectivity index (χ3v) is 8.34. The molecule has 1 heterocycles. The van der Waals surface area contributed by atoms with Gasteiger partial charge in [-0.1, -0.05) is 104 Å². The molecule has 3 nitrogen and oxygen atoms in total. The van der Waals surface area contributed by atoms with Crippen LogP contribution in [0.3, 0.4) is 0 Å². The number of nitrogens with zero attached hydrogens (tertiary/aromatic N) is 2. The topological polar surface area (TPSA) is 35.0 Å². The van der Waals surface area contributed by atoms with E-state index in [1.807, 2.05) is 0 Å². The van der Waals surface area contributed by atoms with E-state index < -0.39 is 0 Å². The fraction of sp³-hybridized carbons (Fsp3) is 0.706. The van der Waals surface area contributed by atoms with Crippen LogP contribution in [-0.2, 0) is 0 Å². The molecule has 1 aliphatic carbocycles. The van der Waals surface area contributed by atoms with Crippen molar-refractivity contribution in [2.45, 2.75) is 142 Å². The van der Waals surface area contributed by atoms with Crippen molar-refractivity contribution in [2.24, 2.45) is 5.92 Å². The van der Waals surface area contributed by atoms with Gasteiger partial charge < -0.3 is 4.74 Å². The third kappa shape index (κ3) is 11.6. The zero-order chi connectivity index (χ0) is 26.0. The lowest BCUT2D eigenvalue weighted by atomic mass is 9.77. The monoisotopic (exact) mass is 506 g/mol. The maximum Gasteiger partial charge on any atom is 0.159 e. The highest BCUT2D eigenvalue weighted by molar-refractivity contribution is 5.56. The van der Waals surface area contributed by atoms with Gasteiger partial charge >= 0.3 is 0 Å². The lowest BCUT2D eigenvalue weighted by Crippen LogP contribution is -2.14. The van der Waals surface area contributed by atoms with Crippen LogP contribution < -0.4 is 4.74 Å². The number of unbranched alkanes of at least 4 members (excludes halogenated alkanes) is 12. The second-order valence-corrected chi connectivity index (χ2v) is 11.5. The second kappa shape index (κ2) is 18.4. The molecule has 1 fully saturated rings. The Morgan fingerprint density at radius 3 is 1.78 bits per heavy atom. The fourth-order valence-electron chi connectivity index (χ4n) is 5.82. The minimum atomic E-state index is 0.641. The van der Waals surface area contributed by atoms with Gasteiger partial charge in [-0.3, -0.25) is 0 Å². The maximum atomic E-state index is 5.95. The van der Waals surface area contributed by atoms with Crippen molar-refractivity contribution in [2.75, 3.05) is 6.61 Å². The summed E-state index contributed by atoms with van der Waals surface area (Å²) in [5, 5.41) is 0. The number of hydrogen-bond donors (Lipinski definition) is 0. The van der Waals surface area contributed by atoms with E-state index in [1.54, 1.807) is 0 Å². The van der Waals surface area contributed by atoms with Crippen LogP contribution in [0, 0.1) is 5.92 Å². The summed E-state index contributed by atoms with van der Waals surface area (Å²) in [4.78, 5) is 9.46. The van der Waals surface area contributed by atoms with Crippen molar-refractivity contribution in [1.29, 1.82) is 0 Å². The van der Waals surface area contributed by atoms with Crippen LogP contribution in [0.25, 0.3) is 11.4 Å². The van der Waals surface area contributed by atoms with E-state index in [-0.39, 0.29) is 0 Å². The molecule has 1 saturated carbocycles. The predicted octanol–water partition coefficient (Wildman–Crippen LogP) is 10.7. The molecule has 0 unspecified atom stereocenters. The molecule has 2 aromatic rings. The van der Waals surface area contributed by atoms with Gasteiger partial charge in [0.15, 0.2) is 5.82 Å². The molecule has 1 aliphatic rings. The molecule has 37 heavy (non-hydrogen) atoms. The van der Waals surface area contributed by atoms with E-state index in [4.69, 9.17) is 14.7 Å². The van der Waals surface area contributed by atoms with Gasteiger partial charge in [0, 0.05) is 18.0 Å². The summed E-state index contributed by atoms with van der Waals surface area (Å²) in [6, 6.07) is 8.29. The number of rotatable bonds is 19. The first-order valence-electron chi connectivity index (χ1n) is 15.8. The number of hydrogen-bond acceptors (Lipinski definition) is 3. The van der Waals surface area contributed by atoms with Gasteiger partial charge in [-0.2, -0.15) is 0 Å². The molecule has 0 bridgehead atoms. The molecule has 0 aliphatic heterocycles. The minimum Gasteiger partial charge on any atom is -0.494 e. The zero-order valence-electron chi connectivity index (χ0n) is 24.1. The summed E-state index contributed by atoms with van der Waals surface area (Å²) in [7, 11) is 0. The van der Waals surface area contributed by atoms with Crippen LogP contribution in [0.4, 0.5) is 0 Å². The largest absolute Gasteiger partial charge is 0.494 e. The van der Waals surface area contributed by atoms with Crippen molar-refractivity contribution >= 4 is 0 Å². The number of aromatic nitrogens is 2. The third-order valence-electron chi connectivity index (χ3n) is 8.34. The van der Waals surface area contributed by atoms with Crippen LogP contribution in [0.2, 0.25) is 0 Å². The average molecular weight is 507 g/mol. The molecule has 1 aromatic heterocycles. The Kier molecular flexibility index (Phi) is 14.7. The van der Waals surface area contributed by atoms with Crippen molar-refractivity contribution in [3.05, 3.63) is 42.2 Å². The first-order chi connectivity index (χ1) is 18.3. The fourth-order valence-corrected chi connectivity index (χ4v) is 5.82. The van der Waals surface area contributed by atoms with Crippen molar-refractivity contribution < 1.29 is 4.74 Å². The SMILES string of the molecule is CCCCCCCCCCOc1ccc(-c2ncc(C3CCC(CCCCCCCC)CC3)cn2)cc1. The van der Waals surface area contributed by atoms with Gasteiger partial charge in [0.2, 0.25) is 0 Å². The summed E-state index contributed by atoms with van der Waals surface area (Å²) >= 11 is 0. The molecule has 1 aromatic carbocycles. The van der Waals surface area contributed by atoms with E-state index in [0.29, 0.717) is 5.92 Å². The number of benzene rings is 1. The standard InChI is InChI=1S/C34H54N2O/c1-3-5-7-9-11-12-14-16-26-37-33-24-22-31(23-25-33)34-35-27-32(28-36-34)30-20-18-29(19-21-30)17-15-13-10-8-6-4-2/h22-25,27-30H,3-21,26H2,1-2H3. The smallest absolute Gasteiger partial charge is 0.159 e. The van der Waals surface area contributed by atoms with E-state index >= 15 is 0 Å². The summed E-state index contributed by atoms with van der Waals surface area (Å²) in [6.07, 6.45) is 30.0. The van der Waals surface area contributed by atoms with Gasteiger partial charge in [0.1, 0.15) is 5.75 Å². The average Bonchev–Trinajstić information content (AvgIpc) is 2.95. The van der Waals surface area contributed by atoms with Crippen LogP contribution in [-0.4, -0.2) is 16.6 Å². The summed E-state index contributed by atoms with van der Waals surface area (Å²) in [5.74, 6) is 3.34. The van der Waals surface area contributed by atoms with Crippen molar-refractivity contribution in [1.82, 2.24) is 9.97 Å². The van der Waals surface area contributed by atoms with Crippen LogP contribution in [0.5, 0.6) is 5.75 Å². The van der Waals surface area contributed by atoms with E-state index in [0.717, 1.165) is 36.1 Å². The van der Waals surface area contributed by atoms with Crippen molar-refractivity contribution in [3.8, 4) is 17.1 Å². The number of ether oxygens (including phenoxy) is 1. The molecule has 3 rings (SSSR count). The molecule has 0 amide bonds. The molecule has 0 spiro atoms. The molecular weight excluding hydrogens is 452 g/mol. The Hall–Kier alpha value is -1.90. The predicted molar refractivity (Wildman–Crippen MR) is 158 cm³/mol. The second-order valence-electron chi connectivity index (χ2n) is 11.5. The molecular formula is C34H54N2O. The molecule has 0 radical (unpaired) electrons. The Labute approximate surface area is 228 Å². The summed E-state index contributed by atoms with van der Waals surface area (Å²) < 4.78 is 5.95. The first-order valence-corrected chi connectivity index (χ1v) is 15.8. The molecule has 3 heteroatoms. The zero-order valence-corrected chi connectivity index (χ0v) is 24.1. The van der Waals surface area contributed by atoms with E-state index in [1.165, 1.54) is 121 Å². The highest BCUT2D eigenvalue weighted by Gasteiger charge is 2.22. The molecule has 206 valence electrons. The van der Waals surface area contributed by atoms with Gasteiger partial charge in [-0.15, -0.1) is 0 Å². The van der Waals surface area contributed by atoms with Crippen LogP contribution in [0.1, 0.15) is 147 Å². The summed E-state index contributed by atoms with van der Waals surface area (Å²) in [6.45, 7) is 5.37. The van der Waals surface area contributed by atoms with Crippen molar-refractivity contribution in [3.63, 3.8) is 0 Å². The minimum absolute atomic E-state index is 0.641. The highest BCUT2D eigenvalue weighted by atomic mass is 16.5. The van der Waals surface area contributed by atoms with Gasteiger partial charge in [0.05, 0.1) is 6.61 Å². The summed E-state index contributed by atoms with van der Waals surface area (Å²) in [5.41, 5.74) is 2.39. The Bertz CT molecular complexity index is 809. The van der Waals surface area contributed by atoms with Crippen LogP contribution >= 0.6 is 0 Å². The van der Waals surface area contributed by atoms with Gasteiger partial charge in [-0.25, -0.2) is 9.97 Å². The normalized spacial score (nSPS) is 17.7. The lowest BCUT2D eigenvalue weighted by Gasteiger charge is -2.28. The molecule has 0 atom stereocenters. The van der Waals surface area contributed by atoms with Gasteiger partial charge in [-0.05, 0) is 73.8 Å². The molecule has 0 saturated heterocycles. The highest BCUT2D eigenvalue weighted by Crippen LogP contribution is 2.37. The maximum absolute atomic E-state index is 5.95. The Morgan fingerprint density at radius 2 is 1.19 bits per heavy atom. The van der Waals surface area contributed by atoms with Gasteiger partial charge in [0.25, 0.3) is 0 Å². The van der Waals surface area contributed by atoms with Crippen LogP contribution in [0.15, 0.2) is 36.7 Å². The Morgan fingerprint density at radius 1 is 0.649 bits per heavy atom.